The molecule has 0 saturated carbocycles. The minimum Gasteiger partial charge on any atom is -0.496 e. The average molecular weight is 331 g/mol. The van der Waals surface area contributed by atoms with Crippen LogP contribution in [0, 0.1) is 0 Å². The minimum absolute atomic E-state index is 0.0551. The highest BCUT2D eigenvalue weighted by Crippen LogP contribution is 2.25. The summed E-state index contributed by atoms with van der Waals surface area (Å²) >= 11 is 0. The molecule has 0 bridgehead atoms. The van der Waals surface area contributed by atoms with Crippen LogP contribution < -0.4 is 4.74 Å². The molecule has 0 aromatic heterocycles. The van der Waals surface area contributed by atoms with Gasteiger partial charge >= 0.3 is 11.9 Å². The van der Waals surface area contributed by atoms with Gasteiger partial charge in [-0.1, -0.05) is 0 Å². The second-order valence-electron chi connectivity index (χ2n) is 4.32. The third-order valence-electron chi connectivity index (χ3n) is 2.93. The third kappa shape index (κ3) is 3.95. The summed E-state index contributed by atoms with van der Waals surface area (Å²) in [6.07, 6.45) is -0.312. The van der Waals surface area contributed by atoms with Crippen molar-refractivity contribution < 1.29 is 32.6 Å². The summed E-state index contributed by atoms with van der Waals surface area (Å²) < 4.78 is 35.2. The summed E-state index contributed by atoms with van der Waals surface area (Å²) in [6.45, 7) is -0.168. The molecule has 122 valence electrons. The van der Waals surface area contributed by atoms with E-state index in [0.29, 0.717) is 0 Å². The van der Waals surface area contributed by atoms with Crippen molar-refractivity contribution in [3.05, 3.63) is 23.8 Å². The molecule has 1 aromatic rings. The first kappa shape index (κ1) is 17.9. The Morgan fingerprint density at radius 1 is 1.27 bits per heavy atom. The molecule has 1 rings (SSSR count). The smallest absolute Gasteiger partial charge is 0.341 e. The van der Waals surface area contributed by atoms with Gasteiger partial charge in [-0.05, 0) is 12.1 Å². The van der Waals surface area contributed by atoms with Gasteiger partial charge in [0.15, 0.2) is 0 Å². The zero-order chi connectivity index (χ0) is 16.9. The Hall–Kier alpha value is -2.13. The fraction of sp³-hybridized carbons (Fsp3) is 0.385. The summed E-state index contributed by atoms with van der Waals surface area (Å²) in [6, 6.07) is 3.71. The number of methoxy groups -OCH3 is 2. The van der Waals surface area contributed by atoms with Crippen molar-refractivity contribution in [1.82, 2.24) is 4.31 Å². The Labute approximate surface area is 128 Å². The lowest BCUT2D eigenvalue weighted by Gasteiger charge is -2.17. The highest BCUT2D eigenvalue weighted by molar-refractivity contribution is 7.89. The van der Waals surface area contributed by atoms with E-state index in [1.165, 1.54) is 39.5 Å². The number of benzene rings is 1. The van der Waals surface area contributed by atoms with Crippen molar-refractivity contribution in [3.63, 3.8) is 0 Å². The number of carbonyl (C=O) groups excluding carboxylic acids is 1. The molecule has 0 heterocycles. The average Bonchev–Trinajstić information content (AvgIpc) is 2.50. The molecule has 9 heteroatoms. The molecule has 0 aliphatic rings. The minimum atomic E-state index is -3.88. The van der Waals surface area contributed by atoms with Gasteiger partial charge in [0.2, 0.25) is 10.0 Å². The normalized spacial score (nSPS) is 11.3. The maximum atomic E-state index is 12.3. The van der Waals surface area contributed by atoms with Crippen LogP contribution in [-0.4, -0.2) is 57.6 Å². The molecule has 0 saturated heterocycles. The van der Waals surface area contributed by atoms with E-state index in [9.17, 15) is 18.0 Å². The van der Waals surface area contributed by atoms with Gasteiger partial charge in [-0.25, -0.2) is 17.5 Å². The number of hydrogen-bond donors (Lipinski definition) is 1. The van der Waals surface area contributed by atoms with Crippen molar-refractivity contribution in [3.8, 4) is 5.75 Å². The molecule has 0 spiro atoms. The van der Waals surface area contributed by atoms with Gasteiger partial charge in [0.1, 0.15) is 11.3 Å². The quantitative estimate of drug-likeness (QED) is 0.727. The molecule has 0 aliphatic carbocycles. The Morgan fingerprint density at radius 2 is 1.91 bits per heavy atom. The largest absolute Gasteiger partial charge is 0.496 e. The summed E-state index contributed by atoms with van der Waals surface area (Å²) in [5, 5.41) is 8.61. The number of esters is 1. The molecular weight excluding hydrogens is 314 g/mol. The number of carboxylic acid groups (broad SMARTS) is 1. The van der Waals surface area contributed by atoms with Crippen LogP contribution in [0.25, 0.3) is 0 Å². The Balaban J connectivity index is 3.15. The number of hydrogen-bond acceptors (Lipinski definition) is 6. The van der Waals surface area contributed by atoms with Crippen molar-refractivity contribution in [2.24, 2.45) is 0 Å². The number of aliphatic carboxylic acids is 1. The number of carboxylic acids is 1. The predicted octanol–water partition coefficient (Wildman–Crippen LogP) is 0.577. The molecular formula is C13H17NO7S. The van der Waals surface area contributed by atoms with E-state index in [0.717, 1.165) is 4.31 Å². The standard InChI is InChI=1S/C13H17NO7S/c1-14(7-6-12(15)16)22(18,19)9-4-5-10(13(17)21-3)11(8-9)20-2/h4-5,8H,6-7H2,1-3H3,(H,15,16). The fourth-order valence-corrected chi connectivity index (χ4v) is 2.85. The SMILES string of the molecule is COC(=O)c1ccc(S(=O)(=O)N(C)CCC(=O)O)cc1OC. The molecule has 0 aliphatic heterocycles. The summed E-state index contributed by atoms with van der Waals surface area (Å²) in [4.78, 5) is 22.0. The van der Waals surface area contributed by atoms with E-state index in [1.54, 1.807) is 0 Å². The van der Waals surface area contributed by atoms with E-state index in [2.05, 4.69) is 4.74 Å². The van der Waals surface area contributed by atoms with Crippen LogP contribution in [0.4, 0.5) is 0 Å². The van der Waals surface area contributed by atoms with Gasteiger partial charge in [-0.15, -0.1) is 0 Å². The number of sulfonamides is 1. The number of carbonyl (C=O) groups is 2. The third-order valence-corrected chi connectivity index (χ3v) is 4.78. The topological polar surface area (TPSA) is 110 Å². The number of nitrogens with zero attached hydrogens (tertiary/aromatic N) is 1. The van der Waals surface area contributed by atoms with Gasteiger partial charge in [-0.2, -0.15) is 0 Å². The first-order chi connectivity index (χ1) is 10.2. The van der Waals surface area contributed by atoms with Crippen LogP contribution in [0.2, 0.25) is 0 Å². The highest BCUT2D eigenvalue weighted by atomic mass is 32.2. The fourth-order valence-electron chi connectivity index (χ4n) is 1.66. The van der Waals surface area contributed by atoms with Crippen molar-refractivity contribution in [2.45, 2.75) is 11.3 Å². The molecule has 1 aromatic carbocycles. The first-order valence-corrected chi connectivity index (χ1v) is 7.62. The molecule has 0 radical (unpaired) electrons. The van der Waals surface area contributed by atoms with Crippen LogP contribution in [0.1, 0.15) is 16.8 Å². The molecule has 0 atom stereocenters. The Bertz CT molecular complexity index is 669. The molecule has 0 amide bonds. The van der Waals surface area contributed by atoms with Crippen LogP contribution in [0.5, 0.6) is 5.75 Å². The second-order valence-corrected chi connectivity index (χ2v) is 6.37. The van der Waals surface area contributed by atoms with Crippen molar-refractivity contribution in [1.29, 1.82) is 0 Å². The summed E-state index contributed by atoms with van der Waals surface area (Å²) in [5.41, 5.74) is 0.0946. The van der Waals surface area contributed by atoms with Gasteiger partial charge in [0, 0.05) is 19.7 Å². The lowest BCUT2D eigenvalue weighted by molar-refractivity contribution is -0.137. The van der Waals surface area contributed by atoms with Crippen molar-refractivity contribution in [2.75, 3.05) is 27.8 Å². The van der Waals surface area contributed by atoms with Gasteiger partial charge in [0.25, 0.3) is 0 Å². The van der Waals surface area contributed by atoms with Crippen LogP contribution in [0.15, 0.2) is 23.1 Å². The molecule has 22 heavy (non-hydrogen) atoms. The summed E-state index contributed by atoms with van der Waals surface area (Å²) in [7, 11) is -0.103. The molecule has 0 fully saturated rings. The van der Waals surface area contributed by atoms with Crippen molar-refractivity contribution >= 4 is 22.0 Å². The Morgan fingerprint density at radius 3 is 2.41 bits per heavy atom. The van der Waals surface area contributed by atoms with E-state index in [4.69, 9.17) is 9.84 Å². The van der Waals surface area contributed by atoms with E-state index in [1.807, 2.05) is 0 Å². The van der Waals surface area contributed by atoms with Crippen LogP contribution in [0.3, 0.4) is 0 Å². The second kappa shape index (κ2) is 7.23. The van der Waals surface area contributed by atoms with Crippen LogP contribution in [-0.2, 0) is 19.6 Å². The maximum absolute atomic E-state index is 12.3. The lowest BCUT2D eigenvalue weighted by Crippen LogP contribution is -2.29. The Kier molecular flexibility index (Phi) is 5.89. The maximum Gasteiger partial charge on any atom is 0.341 e. The molecule has 1 N–H and O–H groups in total. The van der Waals surface area contributed by atoms with E-state index in [-0.39, 0.29) is 29.2 Å². The zero-order valence-corrected chi connectivity index (χ0v) is 13.2. The van der Waals surface area contributed by atoms with Gasteiger partial charge in [0.05, 0.1) is 25.5 Å². The number of ether oxygens (including phenoxy) is 2. The lowest BCUT2D eigenvalue weighted by atomic mass is 10.2. The highest BCUT2D eigenvalue weighted by Gasteiger charge is 2.24. The first-order valence-electron chi connectivity index (χ1n) is 6.18. The van der Waals surface area contributed by atoms with E-state index < -0.39 is 22.0 Å². The van der Waals surface area contributed by atoms with Gasteiger partial charge in [-0.3, -0.25) is 4.79 Å². The monoisotopic (exact) mass is 331 g/mol. The molecule has 0 unspecified atom stereocenters. The van der Waals surface area contributed by atoms with Gasteiger partial charge < -0.3 is 14.6 Å². The summed E-state index contributed by atoms with van der Waals surface area (Å²) in [5.74, 6) is -1.69. The number of rotatable bonds is 7. The molecule has 8 nitrogen and oxygen atoms in total. The predicted molar refractivity (Wildman–Crippen MR) is 76.4 cm³/mol. The van der Waals surface area contributed by atoms with Crippen LogP contribution >= 0.6 is 0 Å². The van der Waals surface area contributed by atoms with E-state index >= 15 is 0 Å². The zero-order valence-electron chi connectivity index (χ0n) is 12.4.